The van der Waals surface area contributed by atoms with Crippen molar-refractivity contribution in [2.45, 2.75) is 31.5 Å². The first-order chi connectivity index (χ1) is 10.5. The molecule has 1 aliphatic heterocycles. The van der Waals surface area contributed by atoms with Gasteiger partial charge in [-0.1, -0.05) is 17.7 Å². The first-order valence-corrected chi connectivity index (χ1v) is 7.21. The fourth-order valence-electron chi connectivity index (χ4n) is 2.34. The maximum absolute atomic E-state index is 10.0. The van der Waals surface area contributed by atoms with Crippen molar-refractivity contribution in [3.05, 3.63) is 34.7 Å². The maximum atomic E-state index is 10.0. The van der Waals surface area contributed by atoms with Crippen molar-refractivity contribution in [2.75, 3.05) is 6.61 Å². The van der Waals surface area contributed by atoms with Gasteiger partial charge in [0.1, 0.15) is 18.3 Å². The zero-order valence-electron chi connectivity index (χ0n) is 11.8. The number of rotatable bonds is 3. The summed E-state index contributed by atoms with van der Waals surface area (Å²) in [6.07, 6.45) is -4.35. The predicted octanol–water partition coefficient (Wildman–Crippen LogP) is 0.793. The van der Waals surface area contributed by atoms with Gasteiger partial charge in [0.25, 0.3) is 4.84 Å². The standard InChI is InChI=1S/C14H16N2O5S/c1-7-2-4-8(5-3-7)12-15-16(14(22)21-12)13-11(19)10(18)9(6-17)20-13/h2-5,9-11,13,17-19H,6H2,1H3/t9-,10-,11+,13-/m0/s1. The van der Waals surface area contributed by atoms with E-state index in [1.54, 1.807) is 0 Å². The van der Waals surface area contributed by atoms with E-state index in [0.717, 1.165) is 11.1 Å². The second kappa shape index (κ2) is 5.90. The topological polar surface area (TPSA) is 101 Å². The van der Waals surface area contributed by atoms with Gasteiger partial charge in [0.05, 0.1) is 6.61 Å². The van der Waals surface area contributed by atoms with Crippen LogP contribution in [-0.4, -0.2) is 50.0 Å². The third-order valence-electron chi connectivity index (χ3n) is 3.63. The summed E-state index contributed by atoms with van der Waals surface area (Å²) in [5.41, 5.74) is 1.84. The van der Waals surface area contributed by atoms with Gasteiger partial charge in [-0.15, -0.1) is 5.10 Å². The highest BCUT2D eigenvalue weighted by Gasteiger charge is 2.44. The van der Waals surface area contributed by atoms with Gasteiger partial charge in [0.15, 0.2) is 6.23 Å². The number of aliphatic hydroxyl groups excluding tert-OH is 3. The van der Waals surface area contributed by atoms with E-state index in [-0.39, 0.29) is 4.84 Å². The Balaban J connectivity index is 1.93. The molecule has 3 N–H and O–H groups in total. The molecule has 0 saturated carbocycles. The number of aliphatic hydroxyl groups is 3. The van der Waals surface area contributed by atoms with E-state index in [2.05, 4.69) is 5.10 Å². The van der Waals surface area contributed by atoms with E-state index in [1.807, 2.05) is 31.2 Å². The summed E-state index contributed by atoms with van der Waals surface area (Å²) in [4.78, 5) is 0.0189. The summed E-state index contributed by atoms with van der Waals surface area (Å²) in [5.74, 6) is 0.294. The minimum absolute atomic E-state index is 0.0189. The van der Waals surface area contributed by atoms with Crippen LogP contribution in [0.4, 0.5) is 0 Å². The number of ether oxygens (including phenoxy) is 1. The molecule has 0 amide bonds. The lowest BCUT2D eigenvalue weighted by Gasteiger charge is -2.13. The molecule has 0 spiro atoms. The smallest absolute Gasteiger partial charge is 0.289 e. The molecule has 2 aromatic rings. The molecule has 0 unspecified atom stereocenters. The maximum Gasteiger partial charge on any atom is 0.289 e. The molecule has 2 heterocycles. The second-order valence-corrected chi connectivity index (χ2v) is 5.56. The van der Waals surface area contributed by atoms with Crippen molar-refractivity contribution < 1.29 is 24.5 Å². The number of hydrogen-bond donors (Lipinski definition) is 3. The van der Waals surface area contributed by atoms with Crippen LogP contribution in [0.25, 0.3) is 11.5 Å². The van der Waals surface area contributed by atoms with Crippen LogP contribution in [0.2, 0.25) is 0 Å². The Hall–Kier alpha value is -1.58. The molecule has 1 fully saturated rings. The van der Waals surface area contributed by atoms with Crippen LogP contribution in [0.5, 0.6) is 0 Å². The highest BCUT2D eigenvalue weighted by atomic mass is 32.1. The van der Waals surface area contributed by atoms with Gasteiger partial charge in [-0.2, -0.15) is 4.68 Å². The fraction of sp³-hybridized carbons (Fsp3) is 0.429. The minimum Gasteiger partial charge on any atom is -0.409 e. The molecule has 22 heavy (non-hydrogen) atoms. The van der Waals surface area contributed by atoms with Crippen molar-refractivity contribution in [1.82, 2.24) is 9.78 Å². The zero-order chi connectivity index (χ0) is 15.9. The van der Waals surface area contributed by atoms with Crippen molar-refractivity contribution in [3.8, 4) is 11.5 Å². The summed E-state index contributed by atoms with van der Waals surface area (Å²) in [6, 6.07) is 7.52. The summed E-state index contributed by atoms with van der Waals surface area (Å²) < 4.78 is 12.0. The molecule has 1 saturated heterocycles. The Labute approximate surface area is 131 Å². The van der Waals surface area contributed by atoms with Crippen molar-refractivity contribution in [2.24, 2.45) is 0 Å². The van der Waals surface area contributed by atoms with Gasteiger partial charge in [-0.05, 0) is 31.3 Å². The van der Waals surface area contributed by atoms with Crippen LogP contribution >= 0.6 is 12.2 Å². The Kier molecular flexibility index (Phi) is 4.11. The molecular weight excluding hydrogens is 308 g/mol. The highest BCUT2D eigenvalue weighted by Crippen LogP contribution is 2.30. The monoisotopic (exact) mass is 324 g/mol. The molecular formula is C14H16N2O5S. The van der Waals surface area contributed by atoms with E-state index >= 15 is 0 Å². The van der Waals surface area contributed by atoms with Crippen molar-refractivity contribution >= 4 is 12.2 Å². The predicted molar refractivity (Wildman–Crippen MR) is 78.5 cm³/mol. The van der Waals surface area contributed by atoms with E-state index in [1.165, 1.54) is 4.68 Å². The molecule has 3 rings (SSSR count). The normalized spacial score (nSPS) is 28.2. The largest absolute Gasteiger partial charge is 0.409 e. The van der Waals surface area contributed by atoms with E-state index in [4.69, 9.17) is 26.5 Å². The van der Waals surface area contributed by atoms with Crippen LogP contribution in [0.15, 0.2) is 28.7 Å². The second-order valence-electron chi connectivity index (χ2n) is 5.21. The van der Waals surface area contributed by atoms with Crippen LogP contribution in [-0.2, 0) is 4.74 Å². The Morgan fingerprint density at radius 3 is 2.50 bits per heavy atom. The van der Waals surface area contributed by atoms with Gasteiger partial charge in [0, 0.05) is 5.56 Å². The fourth-order valence-corrected chi connectivity index (χ4v) is 2.57. The minimum atomic E-state index is -1.25. The van der Waals surface area contributed by atoms with E-state index < -0.39 is 31.1 Å². The van der Waals surface area contributed by atoms with Crippen molar-refractivity contribution in [1.29, 1.82) is 0 Å². The molecule has 7 nitrogen and oxygen atoms in total. The molecule has 1 aromatic heterocycles. The van der Waals surface area contributed by atoms with Gasteiger partial charge < -0.3 is 24.5 Å². The van der Waals surface area contributed by atoms with Crippen LogP contribution < -0.4 is 0 Å². The summed E-state index contributed by atoms with van der Waals surface area (Å²) >= 11 is 5.10. The molecule has 1 aromatic carbocycles. The zero-order valence-corrected chi connectivity index (χ0v) is 12.6. The van der Waals surface area contributed by atoms with Gasteiger partial charge in [-0.3, -0.25) is 0 Å². The van der Waals surface area contributed by atoms with Crippen molar-refractivity contribution in [3.63, 3.8) is 0 Å². The molecule has 0 bridgehead atoms. The third-order valence-corrected chi connectivity index (χ3v) is 3.90. The Bertz CT molecular complexity index is 711. The number of benzene rings is 1. The summed E-state index contributed by atoms with van der Waals surface area (Å²) in [5, 5.41) is 33.1. The number of nitrogens with zero attached hydrogens (tertiary/aromatic N) is 2. The first-order valence-electron chi connectivity index (χ1n) is 6.80. The number of hydrogen-bond acceptors (Lipinski definition) is 7. The van der Waals surface area contributed by atoms with Crippen LogP contribution in [0.3, 0.4) is 0 Å². The lowest BCUT2D eigenvalue weighted by Crippen LogP contribution is -2.33. The number of aromatic nitrogens is 2. The lowest BCUT2D eigenvalue weighted by molar-refractivity contribution is -0.0602. The SMILES string of the molecule is Cc1ccc(-c2nn([C@H]3O[C@@H](CO)[C@H](O)[C@H]3O)c(=S)o2)cc1. The van der Waals surface area contributed by atoms with Crippen LogP contribution in [0, 0.1) is 11.8 Å². The third kappa shape index (κ3) is 2.59. The average molecular weight is 324 g/mol. The summed E-state index contributed by atoms with van der Waals surface area (Å²) in [6.45, 7) is 1.56. The van der Waals surface area contributed by atoms with Gasteiger partial charge in [-0.25, -0.2) is 0 Å². The van der Waals surface area contributed by atoms with Gasteiger partial charge >= 0.3 is 0 Å². The first kappa shape index (κ1) is 15.3. The van der Waals surface area contributed by atoms with E-state index in [0.29, 0.717) is 5.89 Å². The molecule has 1 aliphatic rings. The molecule has 0 radical (unpaired) electrons. The molecule has 0 aliphatic carbocycles. The quantitative estimate of drug-likeness (QED) is 0.718. The summed E-state index contributed by atoms with van der Waals surface area (Å²) in [7, 11) is 0. The molecule has 118 valence electrons. The average Bonchev–Trinajstić information content (AvgIpc) is 3.02. The highest BCUT2D eigenvalue weighted by molar-refractivity contribution is 7.71. The van der Waals surface area contributed by atoms with E-state index in [9.17, 15) is 10.2 Å². The Morgan fingerprint density at radius 1 is 1.23 bits per heavy atom. The lowest BCUT2D eigenvalue weighted by atomic mass is 10.1. The Morgan fingerprint density at radius 2 is 1.91 bits per heavy atom. The number of aryl methyl sites for hydroxylation is 1. The molecule has 4 atom stereocenters. The van der Waals surface area contributed by atoms with Crippen LogP contribution in [0.1, 0.15) is 11.8 Å². The molecule has 8 heteroatoms. The van der Waals surface area contributed by atoms with Gasteiger partial charge in [0.2, 0.25) is 5.89 Å².